The molecule has 86 valence electrons. The standard InChI is InChI=1S/C13H16O3/c1-4-15-13(14)9-11(3)16-12-8-6-5-7-10(12)2/h5-9H,4H2,1-3H3. The number of aryl methyl sites for hydroxylation is 1. The molecule has 0 saturated carbocycles. The first-order chi connectivity index (χ1) is 7.63. The summed E-state index contributed by atoms with van der Waals surface area (Å²) >= 11 is 0. The molecule has 0 aliphatic heterocycles. The summed E-state index contributed by atoms with van der Waals surface area (Å²) < 4.78 is 10.3. The van der Waals surface area contributed by atoms with Gasteiger partial charge in [0.15, 0.2) is 0 Å². The molecule has 0 N–H and O–H groups in total. The number of ether oxygens (including phenoxy) is 2. The molecule has 0 amide bonds. The van der Waals surface area contributed by atoms with E-state index in [1.165, 1.54) is 6.08 Å². The van der Waals surface area contributed by atoms with Gasteiger partial charge >= 0.3 is 5.97 Å². The van der Waals surface area contributed by atoms with Crippen molar-refractivity contribution in [1.82, 2.24) is 0 Å². The Labute approximate surface area is 95.7 Å². The van der Waals surface area contributed by atoms with E-state index in [0.717, 1.165) is 11.3 Å². The van der Waals surface area contributed by atoms with Gasteiger partial charge in [0, 0.05) is 0 Å². The first-order valence-corrected chi connectivity index (χ1v) is 5.22. The summed E-state index contributed by atoms with van der Waals surface area (Å²) in [5.41, 5.74) is 1.03. The van der Waals surface area contributed by atoms with Crippen molar-refractivity contribution in [3.63, 3.8) is 0 Å². The fraction of sp³-hybridized carbons (Fsp3) is 0.308. The molecule has 0 saturated heterocycles. The zero-order valence-corrected chi connectivity index (χ0v) is 9.82. The smallest absolute Gasteiger partial charge is 0.334 e. The van der Waals surface area contributed by atoms with Gasteiger partial charge < -0.3 is 9.47 Å². The van der Waals surface area contributed by atoms with Crippen LogP contribution < -0.4 is 4.74 Å². The molecule has 0 unspecified atom stereocenters. The molecular formula is C13H16O3. The fourth-order valence-electron chi connectivity index (χ4n) is 1.22. The van der Waals surface area contributed by atoms with E-state index in [9.17, 15) is 4.79 Å². The number of benzene rings is 1. The summed E-state index contributed by atoms with van der Waals surface area (Å²) in [7, 11) is 0. The van der Waals surface area contributed by atoms with Gasteiger partial charge in [-0.15, -0.1) is 0 Å². The highest BCUT2D eigenvalue weighted by molar-refractivity contribution is 5.82. The lowest BCUT2D eigenvalue weighted by Crippen LogP contribution is -2.03. The van der Waals surface area contributed by atoms with Crippen LogP contribution in [0, 0.1) is 6.92 Å². The maximum Gasteiger partial charge on any atom is 0.334 e. The minimum atomic E-state index is -0.381. The third-order valence-electron chi connectivity index (χ3n) is 1.97. The summed E-state index contributed by atoms with van der Waals surface area (Å²) in [4.78, 5) is 11.1. The molecule has 0 atom stereocenters. The number of allylic oxidation sites excluding steroid dienone is 1. The molecule has 0 aliphatic rings. The Morgan fingerprint density at radius 1 is 1.38 bits per heavy atom. The molecule has 0 heterocycles. The number of carbonyl (C=O) groups is 1. The molecule has 3 nitrogen and oxygen atoms in total. The van der Waals surface area contributed by atoms with Crippen molar-refractivity contribution < 1.29 is 14.3 Å². The highest BCUT2D eigenvalue weighted by atomic mass is 16.5. The Bertz CT molecular complexity index is 394. The predicted octanol–water partition coefficient (Wildman–Crippen LogP) is 2.84. The third kappa shape index (κ3) is 3.77. The monoisotopic (exact) mass is 220 g/mol. The predicted molar refractivity (Wildman–Crippen MR) is 62.2 cm³/mol. The van der Waals surface area contributed by atoms with Gasteiger partial charge in [0.2, 0.25) is 0 Å². The SMILES string of the molecule is CCOC(=O)C=C(C)Oc1ccccc1C. The van der Waals surface area contributed by atoms with Crippen LogP contribution in [-0.4, -0.2) is 12.6 Å². The number of para-hydroxylation sites is 1. The Morgan fingerprint density at radius 3 is 2.69 bits per heavy atom. The molecule has 1 aromatic carbocycles. The fourth-order valence-corrected chi connectivity index (χ4v) is 1.22. The van der Waals surface area contributed by atoms with Crippen LogP contribution in [0.4, 0.5) is 0 Å². The second-order valence-corrected chi connectivity index (χ2v) is 3.37. The van der Waals surface area contributed by atoms with Gasteiger partial charge in [-0.25, -0.2) is 4.79 Å². The van der Waals surface area contributed by atoms with Crippen molar-refractivity contribution in [2.75, 3.05) is 6.61 Å². The molecule has 0 fully saturated rings. The van der Waals surface area contributed by atoms with Crippen LogP contribution in [0.1, 0.15) is 19.4 Å². The van der Waals surface area contributed by atoms with E-state index in [1.807, 2.05) is 31.2 Å². The Kier molecular flexibility index (Phi) is 4.58. The third-order valence-corrected chi connectivity index (χ3v) is 1.97. The van der Waals surface area contributed by atoms with E-state index >= 15 is 0 Å². The lowest BCUT2D eigenvalue weighted by molar-refractivity contribution is -0.137. The second-order valence-electron chi connectivity index (χ2n) is 3.37. The van der Waals surface area contributed by atoms with E-state index in [2.05, 4.69) is 0 Å². The van der Waals surface area contributed by atoms with Gasteiger partial charge in [0.1, 0.15) is 11.5 Å². The zero-order valence-electron chi connectivity index (χ0n) is 9.82. The van der Waals surface area contributed by atoms with E-state index in [-0.39, 0.29) is 5.97 Å². The van der Waals surface area contributed by atoms with Crippen LogP contribution >= 0.6 is 0 Å². The number of rotatable bonds is 4. The molecular weight excluding hydrogens is 204 g/mol. The molecule has 0 spiro atoms. The maximum atomic E-state index is 11.1. The van der Waals surface area contributed by atoms with Gasteiger partial charge in [-0.3, -0.25) is 0 Å². The van der Waals surface area contributed by atoms with Crippen LogP contribution in [0.25, 0.3) is 0 Å². The Balaban J connectivity index is 2.67. The first kappa shape index (κ1) is 12.3. The van der Waals surface area contributed by atoms with Gasteiger partial charge in [-0.2, -0.15) is 0 Å². The van der Waals surface area contributed by atoms with Crippen LogP contribution in [0.3, 0.4) is 0 Å². The van der Waals surface area contributed by atoms with Gasteiger partial charge in [0.25, 0.3) is 0 Å². The minimum absolute atomic E-state index is 0.368. The summed E-state index contributed by atoms with van der Waals surface area (Å²) in [6.45, 7) is 5.81. The number of hydrogen-bond donors (Lipinski definition) is 0. The highest BCUT2D eigenvalue weighted by Crippen LogP contribution is 2.18. The molecule has 1 aromatic rings. The lowest BCUT2D eigenvalue weighted by Gasteiger charge is -2.08. The van der Waals surface area contributed by atoms with Crippen LogP contribution in [0.5, 0.6) is 5.75 Å². The van der Waals surface area contributed by atoms with Gasteiger partial charge in [-0.05, 0) is 32.4 Å². The van der Waals surface area contributed by atoms with Crippen LogP contribution in [-0.2, 0) is 9.53 Å². The molecule has 0 aliphatic carbocycles. The minimum Gasteiger partial charge on any atom is -0.463 e. The summed E-state index contributed by atoms with van der Waals surface area (Å²) in [5, 5.41) is 0. The molecule has 0 aromatic heterocycles. The maximum absolute atomic E-state index is 11.1. The molecule has 1 rings (SSSR count). The van der Waals surface area contributed by atoms with Crippen LogP contribution in [0.15, 0.2) is 36.1 Å². The van der Waals surface area contributed by atoms with Crippen molar-refractivity contribution in [1.29, 1.82) is 0 Å². The first-order valence-electron chi connectivity index (χ1n) is 5.22. The number of carbonyl (C=O) groups excluding carboxylic acids is 1. The van der Waals surface area contributed by atoms with Gasteiger partial charge in [-0.1, -0.05) is 18.2 Å². The normalized spacial score (nSPS) is 11.1. The van der Waals surface area contributed by atoms with Crippen molar-refractivity contribution in [2.45, 2.75) is 20.8 Å². The number of esters is 1. The Morgan fingerprint density at radius 2 is 2.06 bits per heavy atom. The molecule has 16 heavy (non-hydrogen) atoms. The van der Waals surface area contributed by atoms with E-state index in [0.29, 0.717) is 12.4 Å². The van der Waals surface area contributed by atoms with Crippen LogP contribution in [0.2, 0.25) is 0 Å². The largest absolute Gasteiger partial charge is 0.463 e. The van der Waals surface area contributed by atoms with Gasteiger partial charge in [0.05, 0.1) is 12.7 Å². The average molecular weight is 220 g/mol. The summed E-state index contributed by atoms with van der Waals surface area (Å²) in [5.74, 6) is 0.891. The van der Waals surface area contributed by atoms with E-state index < -0.39 is 0 Å². The molecule has 0 radical (unpaired) electrons. The quantitative estimate of drug-likeness (QED) is 0.444. The summed E-state index contributed by atoms with van der Waals surface area (Å²) in [6, 6.07) is 7.64. The zero-order chi connectivity index (χ0) is 12.0. The van der Waals surface area contributed by atoms with Crippen molar-refractivity contribution in [3.8, 4) is 5.75 Å². The average Bonchev–Trinajstić information content (AvgIpc) is 2.21. The topological polar surface area (TPSA) is 35.5 Å². The van der Waals surface area contributed by atoms with Crippen molar-refractivity contribution in [3.05, 3.63) is 41.7 Å². The molecule has 3 heteroatoms. The van der Waals surface area contributed by atoms with E-state index in [4.69, 9.17) is 9.47 Å². The lowest BCUT2D eigenvalue weighted by atomic mass is 10.2. The number of hydrogen-bond acceptors (Lipinski definition) is 3. The highest BCUT2D eigenvalue weighted by Gasteiger charge is 2.02. The summed E-state index contributed by atoms with van der Waals surface area (Å²) in [6.07, 6.45) is 1.34. The van der Waals surface area contributed by atoms with Crippen molar-refractivity contribution >= 4 is 5.97 Å². The Hall–Kier alpha value is -1.77. The van der Waals surface area contributed by atoms with Crippen molar-refractivity contribution in [2.24, 2.45) is 0 Å². The second kappa shape index (κ2) is 5.95. The van der Waals surface area contributed by atoms with E-state index in [1.54, 1.807) is 13.8 Å². The molecule has 0 bridgehead atoms.